The SMILES string of the molecule is CCN(CC(=O)N1CCN(C/C=C/c2ccccc2)CC1)Cc1ccccc1. The summed E-state index contributed by atoms with van der Waals surface area (Å²) in [6.45, 7) is 8.78. The molecule has 0 unspecified atom stereocenters. The standard InChI is InChI=1S/C24H31N3O/c1-2-25(20-23-12-7-4-8-13-23)21-24(28)27-18-16-26(17-19-27)15-9-14-22-10-5-3-6-11-22/h3-14H,2,15-21H2,1H3/b14-9+. The fourth-order valence-corrected chi connectivity index (χ4v) is 3.49. The third kappa shape index (κ3) is 6.32. The van der Waals surface area contributed by atoms with E-state index in [4.69, 9.17) is 0 Å². The minimum atomic E-state index is 0.247. The van der Waals surface area contributed by atoms with Gasteiger partial charge in [-0.2, -0.15) is 0 Å². The van der Waals surface area contributed by atoms with Gasteiger partial charge in [0.05, 0.1) is 6.54 Å². The Hall–Kier alpha value is -2.43. The average Bonchev–Trinajstić information content (AvgIpc) is 2.75. The molecule has 0 saturated carbocycles. The molecule has 1 heterocycles. The van der Waals surface area contributed by atoms with Gasteiger partial charge in [0, 0.05) is 39.3 Å². The van der Waals surface area contributed by atoms with E-state index < -0.39 is 0 Å². The normalized spacial score (nSPS) is 15.4. The van der Waals surface area contributed by atoms with Crippen LogP contribution in [0.25, 0.3) is 6.08 Å². The molecular formula is C24H31N3O. The number of likely N-dealkylation sites (N-methyl/N-ethyl adjacent to an activating group) is 1. The van der Waals surface area contributed by atoms with Gasteiger partial charge in [-0.1, -0.05) is 79.7 Å². The lowest BCUT2D eigenvalue weighted by molar-refractivity contribution is -0.134. The molecule has 0 N–H and O–H groups in total. The summed E-state index contributed by atoms with van der Waals surface area (Å²) < 4.78 is 0. The second-order valence-electron chi connectivity index (χ2n) is 7.28. The summed E-state index contributed by atoms with van der Waals surface area (Å²) in [5.41, 5.74) is 2.49. The monoisotopic (exact) mass is 377 g/mol. The van der Waals surface area contributed by atoms with Crippen LogP contribution in [0.1, 0.15) is 18.1 Å². The Morgan fingerprint density at radius 3 is 2.25 bits per heavy atom. The fourth-order valence-electron chi connectivity index (χ4n) is 3.49. The summed E-state index contributed by atoms with van der Waals surface area (Å²) in [6.07, 6.45) is 4.38. The second kappa shape index (κ2) is 10.8. The molecule has 1 fully saturated rings. The van der Waals surface area contributed by atoms with Crippen LogP contribution in [0.2, 0.25) is 0 Å². The topological polar surface area (TPSA) is 26.8 Å². The van der Waals surface area contributed by atoms with Gasteiger partial charge >= 0.3 is 0 Å². The largest absolute Gasteiger partial charge is 0.339 e. The highest BCUT2D eigenvalue weighted by Gasteiger charge is 2.21. The van der Waals surface area contributed by atoms with Gasteiger partial charge in [0.2, 0.25) is 5.91 Å². The third-order valence-electron chi connectivity index (χ3n) is 5.25. The van der Waals surface area contributed by atoms with Crippen molar-refractivity contribution in [1.29, 1.82) is 0 Å². The highest BCUT2D eigenvalue weighted by Crippen LogP contribution is 2.08. The molecule has 2 aromatic rings. The molecule has 4 nitrogen and oxygen atoms in total. The van der Waals surface area contributed by atoms with E-state index in [1.54, 1.807) is 0 Å². The molecular weight excluding hydrogens is 346 g/mol. The van der Waals surface area contributed by atoms with Crippen LogP contribution in [0.5, 0.6) is 0 Å². The Bertz CT molecular complexity index is 737. The van der Waals surface area contributed by atoms with Crippen molar-refractivity contribution in [2.24, 2.45) is 0 Å². The predicted molar refractivity (Wildman–Crippen MR) is 116 cm³/mol. The van der Waals surface area contributed by atoms with E-state index in [1.165, 1.54) is 11.1 Å². The maximum Gasteiger partial charge on any atom is 0.236 e. The summed E-state index contributed by atoms with van der Waals surface area (Å²) in [5.74, 6) is 0.247. The van der Waals surface area contributed by atoms with Crippen LogP contribution in [-0.4, -0.2) is 66.4 Å². The zero-order valence-electron chi connectivity index (χ0n) is 16.8. The summed E-state index contributed by atoms with van der Waals surface area (Å²) >= 11 is 0. The minimum Gasteiger partial charge on any atom is -0.339 e. The molecule has 148 valence electrons. The highest BCUT2D eigenvalue weighted by molar-refractivity contribution is 5.78. The van der Waals surface area contributed by atoms with E-state index in [9.17, 15) is 4.79 Å². The predicted octanol–water partition coefficient (Wildman–Crippen LogP) is 3.37. The van der Waals surface area contributed by atoms with Crippen molar-refractivity contribution in [3.8, 4) is 0 Å². The van der Waals surface area contributed by atoms with E-state index in [-0.39, 0.29) is 5.91 Å². The Morgan fingerprint density at radius 1 is 0.964 bits per heavy atom. The van der Waals surface area contributed by atoms with Crippen LogP contribution >= 0.6 is 0 Å². The molecule has 0 bridgehead atoms. The smallest absolute Gasteiger partial charge is 0.236 e. The molecule has 0 aliphatic carbocycles. The van der Waals surface area contributed by atoms with Gasteiger partial charge in [-0.3, -0.25) is 14.6 Å². The zero-order chi connectivity index (χ0) is 19.6. The van der Waals surface area contributed by atoms with Crippen molar-refractivity contribution in [3.63, 3.8) is 0 Å². The number of hydrogen-bond donors (Lipinski definition) is 0. The summed E-state index contributed by atoms with van der Waals surface area (Å²) in [4.78, 5) is 19.4. The molecule has 0 aromatic heterocycles. The number of amides is 1. The number of benzene rings is 2. The molecule has 2 aromatic carbocycles. The molecule has 0 spiro atoms. The van der Waals surface area contributed by atoms with Crippen molar-refractivity contribution < 1.29 is 4.79 Å². The first kappa shape index (κ1) is 20.3. The maximum absolute atomic E-state index is 12.7. The van der Waals surface area contributed by atoms with E-state index in [2.05, 4.69) is 77.4 Å². The first-order valence-electron chi connectivity index (χ1n) is 10.2. The van der Waals surface area contributed by atoms with Crippen molar-refractivity contribution in [1.82, 2.24) is 14.7 Å². The molecule has 3 rings (SSSR count). The van der Waals surface area contributed by atoms with Gasteiger partial charge in [0.25, 0.3) is 0 Å². The number of carbonyl (C=O) groups is 1. The molecule has 0 atom stereocenters. The van der Waals surface area contributed by atoms with E-state index in [0.717, 1.165) is 45.8 Å². The van der Waals surface area contributed by atoms with Crippen LogP contribution in [-0.2, 0) is 11.3 Å². The number of nitrogens with zero attached hydrogens (tertiary/aromatic N) is 3. The second-order valence-corrected chi connectivity index (χ2v) is 7.28. The Labute approximate surface area is 169 Å². The molecule has 28 heavy (non-hydrogen) atoms. The number of piperazine rings is 1. The van der Waals surface area contributed by atoms with Crippen molar-refractivity contribution >= 4 is 12.0 Å². The van der Waals surface area contributed by atoms with E-state index >= 15 is 0 Å². The van der Waals surface area contributed by atoms with Crippen LogP contribution in [0.4, 0.5) is 0 Å². The van der Waals surface area contributed by atoms with Crippen molar-refractivity contribution in [3.05, 3.63) is 77.9 Å². The summed E-state index contributed by atoms with van der Waals surface area (Å²) in [5, 5.41) is 0. The van der Waals surface area contributed by atoms with Gasteiger partial charge in [0.1, 0.15) is 0 Å². The van der Waals surface area contributed by atoms with E-state index in [0.29, 0.717) is 6.54 Å². The van der Waals surface area contributed by atoms with Crippen LogP contribution in [0.15, 0.2) is 66.7 Å². The first-order chi connectivity index (χ1) is 13.7. The molecule has 1 aliphatic heterocycles. The van der Waals surface area contributed by atoms with Gasteiger partial charge in [-0.05, 0) is 17.7 Å². The lowest BCUT2D eigenvalue weighted by Gasteiger charge is -2.35. The Kier molecular flexibility index (Phi) is 7.82. The molecule has 4 heteroatoms. The van der Waals surface area contributed by atoms with Gasteiger partial charge in [-0.25, -0.2) is 0 Å². The zero-order valence-corrected chi connectivity index (χ0v) is 16.8. The molecule has 1 amide bonds. The lowest BCUT2D eigenvalue weighted by atomic mass is 10.2. The number of hydrogen-bond acceptors (Lipinski definition) is 3. The van der Waals surface area contributed by atoms with Crippen molar-refractivity contribution in [2.75, 3.05) is 45.8 Å². The summed E-state index contributed by atoms with van der Waals surface area (Å²) in [7, 11) is 0. The summed E-state index contributed by atoms with van der Waals surface area (Å²) in [6, 6.07) is 20.7. The van der Waals surface area contributed by atoms with Gasteiger partial charge < -0.3 is 4.90 Å². The number of carbonyl (C=O) groups excluding carboxylic acids is 1. The molecule has 0 radical (unpaired) electrons. The van der Waals surface area contributed by atoms with Gasteiger partial charge in [-0.15, -0.1) is 0 Å². The quantitative estimate of drug-likeness (QED) is 0.706. The fraction of sp³-hybridized carbons (Fsp3) is 0.375. The molecule has 1 aliphatic rings. The molecule has 1 saturated heterocycles. The maximum atomic E-state index is 12.7. The average molecular weight is 378 g/mol. The Morgan fingerprint density at radius 2 is 1.61 bits per heavy atom. The third-order valence-corrected chi connectivity index (χ3v) is 5.25. The minimum absolute atomic E-state index is 0.247. The van der Waals surface area contributed by atoms with Gasteiger partial charge in [0.15, 0.2) is 0 Å². The van der Waals surface area contributed by atoms with Crippen molar-refractivity contribution in [2.45, 2.75) is 13.5 Å². The van der Waals surface area contributed by atoms with Crippen LogP contribution in [0.3, 0.4) is 0 Å². The van der Waals surface area contributed by atoms with Crippen LogP contribution < -0.4 is 0 Å². The Balaban J connectivity index is 1.41. The van der Waals surface area contributed by atoms with Crippen LogP contribution in [0, 0.1) is 0 Å². The van der Waals surface area contributed by atoms with E-state index in [1.807, 2.05) is 17.0 Å². The highest BCUT2D eigenvalue weighted by atomic mass is 16.2. The number of rotatable bonds is 8. The lowest BCUT2D eigenvalue weighted by Crippen LogP contribution is -2.51. The first-order valence-corrected chi connectivity index (χ1v) is 10.2.